The number of rotatable bonds is 5. The summed E-state index contributed by atoms with van der Waals surface area (Å²) in [5, 5.41) is 12.3. The molecule has 26 heavy (non-hydrogen) atoms. The van der Waals surface area contributed by atoms with Crippen LogP contribution >= 0.6 is 0 Å². The van der Waals surface area contributed by atoms with Crippen LogP contribution in [0, 0.1) is 5.92 Å². The molecular formula is C18H26N2O5S. The lowest BCUT2D eigenvalue weighted by Crippen LogP contribution is -2.43. The minimum Gasteiger partial charge on any atom is -0.481 e. The molecule has 2 N–H and O–H groups in total. The molecule has 1 fully saturated rings. The van der Waals surface area contributed by atoms with Crippen molar-refractivity contribution in [2.75, 3.05) is 14.1 Å². The molecule has 1 aromatic rings. The van der Waals surface area contributed by atoms with Crippen LogP contribution in [-0.2, 0) is 14.8 Å². The molecule has 7 nitrogen and oxygen atoms in total. The summed E-state index contributed by atoms with van der Waals surface area (Å²) in [6.45, 7) is 0. The lowest BCUT2D eigenvalue weighted by atomic mass is 9.86. The Morgan fingerprint density at radius 2 is 1.62 bits per heavy atom. The first-order valence-corrected chi connectivity index (χ1v) is 10.2. The van der Waals surface area contributed by atoms with Crippen LogP contribution in [0.2, 0.25) is 0 Å². The maximum Gasteiger partial charge on any atom is 0.308 e. The molecule has 2 rings (SSSR count). The second-order valence-corrected chi connectivity index (χ2v) is 8.98. The zero-order valence-corrected chi connectivity index (χ0v) is 16.0. The lowest BCUT2D eigenvalue weighted by molar-refractivity contribution is -0.143. The van der Waals surface area contributed by atoms with Gasteiger partial charge in [0.25, 0.3) is 5.91 Å². The van der Waals surface area contributed by atoms with E-state index in [0.29, 0.717) is 18.4 Å². The number of carbonyl (C=O) groups excluding carboxylic acids is 1. The van der Waals surface area contributed by atoms with Gasteiger partial charge in [-0.15, -0.1) is 0 Å². The molecule has 0 aliphatic heterocycles. The summed E-state index contributed by atoms with van der Waals surface area (Å²) in [4.78, 5) is 24.2. The summed E-state index contributed by atoms with van der Waals surface area (Å²) in [5.74, 6) is -1.85. The van der Waals surface area contributed by atoms with Crippen LogP contribution in [0.25, 0.3) is 0 Å². The van der Waals surface area contributed by atoms with Gasteiger partial charge in [-0.25, -0.2) is 12.7 Å². The van der Waals surface area contributed by atoms with Crippen molar-refractivity contribution in [1.82, 2.24) is 9.62 Å². The van der Waals surface area contributed by atoms with Gasteiger partial charge in [0.15, 0.2) is 0 Å². The largest absolute Gasteiger partial charge is 0.481 e. The molecule has 1 aromatic carbocycles. The van der Waals surface area contributed by atoms with Crippen molar-refractivity contribution >= 4 is 21.9 Å². The highest BCUT2D eigenvalue weighted by Gasteiger charge is 2.30. The fourth-order valence-corrected chi connectivity index (χ4v) is 4.10. The van der Waals surface area contributed by atoms with Gasteiger partial charge in [0, 0.05) is 25.7 Å². The Kier molecular flexibility index (Phi) is 6.77. The van der Waals surface area contributed by atoms with E-state index in [1.54, 1.807) is 0 Å². The molecule has 1 aliphatic carbocycles. The third-order valence-electron chi connectivity index (χ3n) is 4.79. The normalized spacial score (nSPS) is 21.7. The van der Waals surface area contributed by atoms with Crippen LogP contribution in [0.4, 0.5) is 0 Å². The number of sulfonamides is 1. The number of benzene rings is 1. The second-order valence-electron chi connectivity index (χ2n) is 6.83. The molecule has 0 spiro atoms. The van der Waals surface area contributed by atoms with Gasteiger partial charge in [-0.3, -0.25) is 9.59 Å². The first-order chi connectivity index (χ1) is 12.2. The van der Waals surface area contributed by atoms with Gasteiger partial charge >= 0.3 is 5.97 Å². The molecule has 0 saturated heterocycles. The molecule has 1 amide bonds. The van der Waals surface area contributed by atoms with Crippen LogP contribution < -0.4 is 5.32 Å². The van der Waals surface area contributed by atoms with Gasteiger partial charge in [-0.05, 0) is 37.1 Å². The number of carbonyl (C=O) groups is 2. The molecule has 2 unspecified atom stereocenters. The number of nitrogens with zero attached hydrogens (tertiary/aromatic N) is 1. The van der Waals surface area contributed by atoms with E-state index in [4.69, 9.17) is 0 Å². The lowest BCUT2D eigenvalue weighted by Gasteiger charge is -2.27. The fraction of sp³-hybridized carbons (Fsp3) is 0.556. The molecule has 0 heterocycles. The average molecular weight is 382 g/mol. The number of carboxylic acid groups (broad SMARTS) is 1. The molecule has 1 saturated carbocycles. The van der Waals surface area contributed by atoms with E-state index < -0.39 is 28.0 Å². The molecule has 8 heteroatoms. The highest BCUT2D eigenvalue weighted by atomic mass is 32.2. The Morgan fingerprint density at radius 1 is 1.04 bits per heavy atom. The molecule has 144 valence electrons. The van der Waals surface area contributed by atoms with E-state index in [0.717, 1.165) is 30.0 Å². The van der Waals surface area contributed by atoms with Crippen molar-refractivity contribution in [2.24, 2.45) is 5.92 Å². The molecular weight excluding hydrogens is 356 g/mol. The van der Waals surface area contributed by atoms with Gasteiger partial charge in [-0.1, -0.05) is 25.7 Å². The Labute approximate surface area is 154 Å². The Bertz CT molecular complexity index is 743. The van der Waals surface area contributed by atoms with Gasteiger partial charge in [0.05, 0.1) is 10.8 Å². The standard InChI is InChI=1S/C18H26N2O5S/c1-20(2)26(24,25)14-11-9-13(10-12-14)17(21)19-16-8-6-4-3-5-7-15(16)18(22)23/h9-12,15-16H,3-8H2,1-2H3,(H,19,21)(H,22,23). The Balaban J connectivity index is 2.13. The monoisotopic (exact) mass is 382 g/mol. The summed E-state index contributed by atoms with van der Waals surface area (Å²) in [6.07, 6.45) is 4.98. The van der Waals surface area contributed by atoms with Crippen molar-refractivity contribution in [2.45, 2.75) is 49.5 Å². The number of hydrogen-bond donors (Lipinski definition) is 2. The minimum absolute atomic E-state index is 0.105. The minimum atomic E-state index is -3.55. The van der Waals surface area contributed by atoms with E-state index in [-0.39, 0.29) is 10.8 Å². The van der Waals surface area contributed by atoms with Gasteiger partial charge in [-0.2, -0.15) is 0 Å². The third kappa shape index (κ3) is 4.82. The van der Waals surface area contributed by atoms with E-state index >= 15 is 0 Å². The van der Waals surface area contributed by atoms with Gasteiger partial charge in [0.2, 0.25) is 10.0 Å². The van der Waals surface area contributed by atoms with Crippen molar-refractivity contribution in [3.63, 3.8) is 0 Å². The summed E-state index contributed by atoms with van der Waals surface area (Å²) < 4.78 is 25.3. The number of hydrogen-bond acceptors (Lipinski definition) is 4. The quantitative estimate of drug-likeness (QED) is 0.811. The van der Waals surface area contributed by atoms with Gasteiger partial charge < -0.3 is 10.4 Å². The molecule has 1 aliphatic rings. The first kappa shape index (κ1) is 20.4. The highest BCUT2D eigenvalue weighted by Crippen LogP contribution is 2.24. The number of amides is 1. The SMILES string of the molecule is CN(C)S(=O)(=O)c1ccc(C(=O)NC2CCCCCCC2C(=O)O)cc1. The number of carboxylic acids is 1. The zero-order chi connectivity index (χ0) is 19.3. The predicted molar refractivity (Wildman–Crippen MR) is 97.4 cm³/mol. The molecule has 0 bridgehead atoms. The van der Waals surface area contributed by atoms with Crippen LogP contribution in [0.15, 0.2) is 29.2 Å². The van der Waals surface area contributed by atoms with Crippen LogP contribution in [0.5, 0.6) is 0 Å². The fourth-order valence-electron chi connectivity index (χ4n) is 3.19. The van der Waals surface area contributed by atoms with Crippen molar-refractivity contribution in [3.05, 3.63) is 29.8 Å². The van der Waals surface area contributed by atoms with Crippen molar-refractivity contribution in [3.8, 4) is 0 Å². The number of aliphatic carboxylic acids is 1. The summed E-state index contributed by atoms with van der Waals surface area (Å²) in [7, 11) is -0.669. The van der Waals surface area contributed by atoms with E-state index in [1.807, 2.05) is 0 Å². The van der Waals surface area contributed by atoms with E-state index in [9.17, 15) is 23.1 Å². The van der Waals surface area contributed by atoms with Crippen molar-refractivity contribution < 1.29 is 23.1 Å². The smallest absolute Gasteiger partial charge is 0.308 e. The average Bonchev–Trinajstić information content (AvgIpc) is 2.56. The van der Waals surface area contributed by atoms with Crippen LogP contribution in [0.1, 0.15) is 48.9 Å². The third-order valence-corrected chi connectivity index (χ3v) is 6.62. The van der Waals surface area contributed by atoms with Crippen LogP contribution in [-0.4, -0.2) is 49.8 Å². The Hall–Kier alpha value is -1.93. The van der Waals surface area contributed by atoms with Crippen LogP contribution in [0.3, 0.4) is 0 Å². The second kappa shape index (κ2) is 8.64. The summed E-state index contributed by atoms with van der Waals surface area (Å²) >= 11 is 0. The zero-order valence-electron chi connectivity index (χ0n) is 15.1. The summed E-state index contributed by atoms with van der Waals surface area (Å²) in [6, 6.07) is 5.26. The summed E-state index contributed by atoms with van der Waals surface area (Å²) in [5.41, 5.74) is 0.314. The maximum atomic E-state index is 12.5. The first-order valence-electron chi connectivity index (χ1n) is 8.79. The maximum absolute atomic E-state index is 12.5. The number of nitrogens with one attached hydrogen (secondary N) is 1. The van der Waals surface area contributed by atoms with Gasteiger partial charge in [0.1, 0.15) is 0 Å². The topological polar surface area (TPSA) is 104 Å². The predicted octanol–water partition coefficient (Wildman–Crippen LogP) is 2.09. The van der Waals surface area contributed by atoms with E-state index in [1.165, 1.54) is 38.4 Å². The molecule has 0 aromatic heterocycles. The van der Waals surface area contributed by atoms with E-state index in [2.05, 4.69) is 5.32 Å². The van der Waals surface area contributed by atoms with Crippen molar-refractivity contribution in [1.29, 1.82) is 0 Å². The highest BCUT2D eigenvalue weighted by molar-refractivity contribution is 7.89. The Morgan fingerprint density at radius 3 is 2.15 bits per heavy atom. The molecule has 0 radical (unpaired) electrons. The molecule has 2 atom stereocenters.